The summed E-state index contributed by atoms with van der Waals surface area (Å²) in [6.45, 7) is 7.65. The Bertz CT molecular complexity index is 1130. The average Bonchev–Trinajstić information content (AvgIpc) is 2.81. The van der Waals surface area contributed by atoms with Crippen LogP contribution in [0, 0.1) is 5.41 Å². The van der Waals surface area contributed by atoms with Crippen molar-refractivity contribution in [1.82, 2.24) is 5.32 Å². The SMILES string of the molecule is CC(F)(F)CCc1ccc(-c2ccc(S(=O)(=O)CCC3(C(=O)OC(C)(C)C)CCNCC3)cc2)cc1. The summed E-state index contributed by atoms with van der Waals surface area (Å²) in [4.78, 5) is 13.2. The lowest BCUT2D eigenvalue weighted by molar-refractivity contribution is -0.169. The number of esters is 1. The quantitative estimate of drug-likeness (QED) is 0.421. The lowest BCUT2D eigenvalue weighted by Crippen LogP contribution is -2.46. The highest BCUT2D eigenvalue weighted by Crippen LogP contribution is 2.37. The van der Waals surface area contributed by atoms with Gasteiger partial charge in [-0.2, -0.15) is 0 Å². The molecule has 2 aromatic rings. The number of halogens is 2. The first kappa shape index (κ1) is 28.3. The maximum absolute atomic E-state index is 13.1. The molecule has 1 fully saturated rings. The number of ether oxygens (including phenoxy) is 1. The third kappa shape index (κ3) is 7.84. The third-order valence-corrected chi connectivity index (χ3v) is 8.33. The van der Waals surface area contributed by atoms with Crippen molar-refractivity contribution < 1.29 is 26.7 Å². The molecule has 1 aliphatic rings. The van der Waals surface area contributed by atoms with Gasteiger partial charge in [0.25, 0.3) is 0 Å². The number of hydrogen-bond donors (Lipinski definition) is 1. The number of piperidine rings is 1. The van der Waals surface area contributed by atoms with E-state index < -0.39 is 26.8 Å². The molecule has 0 spiro atoms. The predicted octanol–water partition coefficient (Wildman–Crippen LogP) is 5.82. The molecule has 1 N–H and O–H groups in total. The molecule has 2 aromatic carbocycles. The van der Waals surface area contributed by atoms with E-state index in [-0.39, 0.29) is 29.5 Å². The van der Waals surface area contributed by atoms with Gasteiger partial charge in [0.1, 0.15) is 5.60 Å². The smallest absolute Gasteiger partial charge is 0.312 e. The Hall–Kier alpha value is -2.32. The standard InChI is InChI=1S/C28H37F2NO4S/c1-26(2,3)35-25(32)28(15-18-31-19-16-28)17-20-36(33,34)24-11-9-23(10-12-24)22-7-5-21(6-8-22)13-14-27(4,29)30/h5-12,31H,13-20H2,1-4H3. The number of benzene rings is 2. The Balaban J connectivity index is 1.69. The van der Waals surface area contributed by atoms with E-state index in [4.69, 9.17) is 4.74 Å². The molecule has 0 unspecified atom stereocenters. The van der Waals surface area contributed by atoms with E-state index in [1.54, 1.807) is 24.3 Å². The van der Waals surface area contributed by atoms with Crippen molar-refractivity contribution in [2.75, 3.05) is 18.8 Å². The zero-order valence-electron chi connectivity index (χ0n) is 21.6. The Morgan fingerprint density at radius 2 is 1.47 bits per heavy atom. The number of rotatable bonds is 9. The van der Waals surface area contributed by atoms with E-state index in [0.29, 0.717) is 32.4 Å². The van der Waals surface area contributed by atoms with E-state index >= 15 is 0 Å². The minimum absolute atomic E-state index is 0.137. The van der Waals surface area contributed by atoms with Crippen molar-refractivity contribution in [3.8, 4) is 11.1 Å². The third-order valence-electron chi connectivity index (χ3n) is 6.60. The van der Waals surface area contributed by atoms with Gasteiger partial charge in [0.05, 0.1) is 16.1 Å². The minimum atomic E-state index is -3.60. The number of carbonyl (C=O) groups excluding carboxylic acids is 1. The first-order valence-corrected chi connectivity index (χ1v) is 14.1. The van der Waals surface area contributed by atoms with Gasteiger partial charge < -0.3 is 10.1 Å². The molecule has 1 aliphatic heterocycles. The number of aryl methyl sites for hydroxylation is 1. The summed E-state index contributed by atoms with van der Waals surface area (Å²) in [5.74, 6) is -3.16. The van der Waals surface area contributed by atoms with Crippen LogP contribution in [0.25, 0.3) is 11.1 Å². The van der Waals surface area contributed by atoms with Gasteiger partial charge in [0.15, 0.2) is 9.84 Å². The fourth-order valence-corrected chi connectivity index (χ4v) is 5.82. The molecule has 0 bridgehead atoms. The second-order valence-electron chi connectivity index (χ2n) is 10.9. The van der Waals surface area contributed by atoms with Crippen molar-refractivity contribution >= 4 is 15.8 Å². The van der Waals surface area contributed by atoms with Crippen LogP contribution < -0.4 is 5.32 Å². The molecule has 8 heteroatoms. The average molecular weight is 522 g/mol. The Morgan fingerprint density at radius 3 is 1.97 bits per heavy atom. The first-order valence-electron chi connectivity index (χ1n) is 12.4. The van der Waals surface area contributed by atoms with Gasteiger partial charge in [0.2, 0.25) is 5.92 Å². The lowest BCUT2D eigenvalue weighted by atomic mass is 9.76. The van der Waals surface area contributed by atoms with Crippen LogP contribution in [0.1, 0.15) is 58.9 Å². The van der Waals surface area contributed by atoms with Crippen LogP contribution in [0.3, 0.4) is 0 Å². The van der Waals surface area contributed by atoms with Crippen LogP contribution in [-0.4, -0.2) is 44.8 Å². The Labute approximate surface area is 213 Å². The van der Waals surface area contributed by atoms with Crippen molar-refractivity contribution in [3.63, 3.8) is 0 Å². The summed E-state index contributed by atoms with van der Waals surface area (Å²) >= 11 is 0. The highest BCUT2D eigenvalue weighted by atomic mass is 32.2. The lowest BCUT2D eigenvalue weighted by Gasteiger charge is -2.37. The molecule has 198 valence electrons. The van der Waals surface area contributed by atoms with Crippen LogP contribution in [0.5, 0.6) is 0 Å². The highest BCUT2D eigenvalue weighted by molar-refractivity contribution is 7.91. The van der Waals surface area contributed by atoms with E-state index in [1.807, 2.05) is 45.0 Å². The molecule has 5 nitrogen and oxygen atoms in total. The van der Waals surface area contributed by atoms with Gasteiger partial charge in [-0.3, -0.25) is 4.79 Å². The number of sulfone groups is 1. The largest absolute Gasteiger partial charge is 0.460 e. The van der Waals surface area contributed by atoms with Crippen LogP contribution in [0.2, 0.25) is 0 Å². The fourth-order valence-electron chi connectivity index (χ4n) is 4.38. The summed E-state index contributed by atoms with van der Waals surface area (Å²) in [5.41, 5.74) is 1.10. The normalized spacial score (nSPS) is 16.5. The van der Waals surface area contributed by atoms with E-state index in [9.17, 15) is 22.0 Å². The topological polar surface area (TPSA) is 72.5 Å². The van der Waals surface area contributed by atoms with Crippen molar-refractivity contribution in [2.24, 2.45) is 5.41 Å². The highest BCUT2D eigenvalue weighted by Gasteiger charge is 2.43. The molecular weight excluding hydrogens is 484 g/mol. The molecule has 0 amide bonds. The predicted molar refractivity (Wildman–Crippen MR) is 138 cm³/mol. The monoisotopic (exact) mass is 521 g/mol. The maximum Gasteiger partial charge on any atom is 0.312 e. The summed E-state index contributed by atoms with van der Waals surface area (Å²) in [6.07, 6.45) is 1.39. The first-order chi connectivity index (χ1) is 16.7. The number of alkyl halides is 2. The Morgan fingerprint density at radius 1 is 0.944 bits per heavy atom. The van der Waals surface area contributed by atoms with Gasteiger partial charge in [-0.1, -0.05) is 36.4 Å². The molecule has 0 radical (unpaired) electrons. The molecule has 1 saturated heterocycles. The summed E-state index contributed by atoms with van der Waals surface area (Å²) in [7, 11) is -3.60. The number of hydrogen-bond acceptors (Lipinski definition) is 5. The number of carbonyl (C=O) groups is 1. The van der Waals surface area contributed by atoms with Crippen LogP contribution in [0.4, 0.5) is 8.78 Å². The fraction of sp³-hybridized carbons (Fsp3) is 0.536. The van der Waals surface area contributed by atoms with E-state index in [1.165, 1.54) is 0 Å². The maximum atomic E-state index is 13.1. The summed E-state index contributed by atoms with van der Waals surface area (Å²) < 4.78 is 58.1. The van der Waals surface area contributed by atoms with Crippen LogP contribution in [0.15, 0.2) is 53.4 Å². The van der Waals surface area contributed by atoms with Gasteiger partial charge in [-0.15, -0.1) is 0 Å². The molecule has 0 atom stereocenters. The van der Waals surface area contributed by atoms with Crippen LogP contribution >= 0.6 is 0 Å². The molecule has 0 saturated carbocycles. The van der Waals surface area contributed by atoms with Crippen molar-refractivity contribution in [2.45, 2.75) is 76.2 Å². The molecule has 0 aromatic heterocycles. The van der Waals surface area contributed by atoms with Gasteiger partial charge in [0, 0.05) is 6.42 Å². The molecule has 0 aliphatic carbocycles. The summed E-state index contributed by atoms with van der Waals surface area (Å²) in [5, 5.41) is 3.23. The molecular formula is C28H37F2NO4S. The Kier molecular flexibility index (Phi) is 8.61. The van der Waals surface area contributed by atoms with Gasteiger partial charge in [-0.25, -0.2) is 17.2 Å². The molecule has 3 rings (SSSR count). The van der Waals surface area contributed by atoms with Crippen LogP contribution in [-0.2, 0) is 25.8 Å². The van der Waals surface area contributed by atoms with Crippen molar-refractivity contribution in [1.29, 1.82) is 0 Å². The number of nitrogens with one attached hydrogen (secondary N) is 1. The van der Waals surface area contributed by atoms with Gasteiger partial charge >= 0.3 is 5.97 Å². The zero-order chi connectivity index (χ0) is 26.6. The van der Waals surface area contributed by atoms with Crippen molar-refractivity contribution in [3.05, 3.63) is 54.1 Å². The minimum Gasteiger partial charge on any atom is -0.460 e. The second-order valence-corrected chi connectivity index (χ2v) is 13.0. The second kappa shape index (κ2) is 11.0. The zero-order valence-corrected chi connectivity index (χ0v) is 22.4. The summed E-state index contributed by atoms with van der Waals surface area (Å²) in [6, 6.07) is 14.0. The van der Waals surface area contributed by atoms with E-state index in [2.05, 4.69) is 5.32 Å². The molecule has 1 heterocycles. The molecule has 36 heavy (non-hydrogen) atoms. The van der Waals surface area contributed by atoms with Gasteiger partial charge in [-0.05, 0) is 95.3 Å². The van der Waals surface area contributed by atoms with E-state index in [0.717, 1.165) is 23.6 Å².